The van der Waals surface area contributed by atoms with E-state index in [1.165, 1.54) is 0 Å². The van der Waals surface area contributed by atoms with Crippen molar-refractivity contribution in [2.24, 2.45) is 0 Å². The molecular weight excluding hydrogens is 214 g/mol. The van der Waals surface area contributed by atoms with E-state index >= 15 is 0 Å². The summed E-state index contributed by atoms with van der Waals surface area (Å²) in [5.74, 6) is 0.522. The summed E-state index contributed by atoms with van der Waals surface area (Å²) in [6, 6.07) is 2.09. The number of rotatable bonds is 2. The highest BCUT2D eigenvalue weighted by atomic mass is 35.5. The summed E-state index contributed by atoms with van der Waals surface area (Å²) in [4.78, 5) is 4.13. The van der Waals surface area contributed by atoms with Crippen LogP contribution in [0.15, 0.2) is 12.4 Å². The smallest absolute Gasteiger partial charge is 0.183 e. The molecule has 0 amide bonds. The van der Waals surface area contributed by atoms with E-state index in [2.05, 4.69) is 21.3 Å². The molecule has 5 nitrogen and oxygen atoms in total. The Bertz CT molecular complexity index is 527. The number of aromatic nitrogens is 4. The first kappa shape index (κ1) is 9.87. The van der Waals surface area contributed by atoms with E-state index in [0.717, 1.165) is 5.82 Å². The molecule has 0 aromatic carbocycles. The van der Waals surface area contributed by atoms with Gasteiger partial charge in [-0.15, -0.1) is 21.8 Å². The number of hydrogen-bond acceptors (Lipinski definition) is 4. The van der Waals surface area contributed by atoms with Crippen molar-refractivity contribution in [3.63, 3.8) is 0 Å². The first-order valence-electron chi connectivity index (χ1n) is 4.39. The molecule has 0 radical (unpaired) electrons. The Hall–Kier alpha value is -1.67. The lowest BCUT2D eigenvalue weighted by atomic mass is 10.1. The SMILES string of the molecule is Cc1nnc2c(C(C#N)CCl)nccn12. The Kier molecular flexibility index (Phi) is 2.52. The highest BCUT2D eigenvalue weighted by Crippen LogP contribution is 2.18. The molecule has 0 aliphatic carbocycles. The van der Waals surface area contributed by atoms with E-state index in [0.29, 0.717) is 11.3 Å². The van der Waals surface area contributed by atoms with Gasteiger partial charge < -0.3 is 0 Å². The quantitative estimate of drug-likeness (QED) is 0.717. The van der Waals surface area contributed by atoms with Crippen molar-refractivity contribution >= 4 is 17.2 Å². The molecule has 15 heavy (non-hydrogen) atoms. The summed E-state index contributed by atoms with van der Waals surface area (Å²) >= 11 is 5.69. The maximum absolute atomic E-state index is 8.91. The van der Waals surface area contributed by atoms with Crippen LogP contribution in [0.3, 0.4) is 0 Å². The Balaban J connectivity index is 2.66. The Morgan fingerprint density at radius 1 is 1.60 bits per heavy atom. The van der Waals surface area contributed by atoms with Crippen LogP contribution in [-0.2, 0) is 0 Å². The number of halogens is 1. The maximum atomic E-state index is 8.91. The lowest BCUT2D eigenvalue weighted by molar-refractivity contribution is 0.906. The molecule has 2 rings (SSSR count). The number of hydrogen-bond donors (Lipinski definition) is 0. The Morgan fingerprint density at radius 3 is 3.07 bits per heavy atom. The summed E-state index contributed by atoms with van der Waals surface area (Å²) in [5.41, 5.74) is 1.18. The number of nitriles is 1. The molecule has 2 heterocycles. The molecule has 6 heteroatoms. The fraction of sp³-hybridized carbons (Fsp3) is 0.333. The normalized spacial score (nSPS) is 12.6. The third-order valence-corrected chi connectivity index (χ3v) is 2.47. The van der Waals surface area contributed by atoms with Crippen LogP contribution < -0.4 is 0 Å². The van der Waals surface area contributed by atoms with Gasteiger partial charge in [-0.3, -0.25) is 9.38 Å². The van der Waals surface area contributed by atoms with E-state index in [-0.39, 0.29) is 5.88 Å². The van der Waals surface area contributed by atoms with Crippen molar-refractivity contribution in [1.29, 1.82) is 5.26 Å². The monoisotopic (exact) mass is 221 g/mol. The molecule has 1 atom stereocenters. The van der Waals surface area contributed by atoms with Gasteiger partial charge in [-0.05, 0) is 6.92 Å². The first-order valence-corrected chi connectivity index (χ1v) is 4.93. The van der Waals surface area contributed by atoms with Gasteiger partial charge in [0.25, 0.3) is 0 Å². The summed E-state index contributed by atoms with van der Waals surface area (Å²) < 4.78 is 1.79. The molecular formula is C9H8ClN5. The zero-order valence-electron chi connectivity index (χ0n) is 8.05. The largest absolute Gasteiger partial charge is 0.284 e. The highest BCUT2D eigenvalue weighted by Gasteiger charge is 2.16. The summed E-state index contributed by atoms with van der Waals surface area (Å²) in [6.07, 6.45) is 3.38. The molecule has 2 aromatic rings. The minimum absolute atomic E-state index is 0.203. The van der Waals surface area contributed by atoms with Gasteiger partial charge in [-0.25, -0.2) is 0 Å². The van der Waals surface area contributed by atoms with E-state index < -0.39 is 5.92 Å². The molecule has 0 spiro atoms. The highest BCUT2D eigenvalue weighted by molar-refractivity contribution is 6.18. The van der Waals surface area contributed by atoms with Crippen LogP contribution in [0.2, 0.25) is 0 Å². The molecule has 0 aliphatic rings. The van der Waals surface area contributed by atoms with Gasteiger partial charge in [0.1, 0.15) is 17.4 Å². The van der Waals surface area contributed by atoms with Crippen molar-refractivity contribution in [1.82, 2.24) is 19.6 Å². The molecule has 1 unspecified atom stereocenters. The Morgan fingerprint density at radius 2 is 2.40 bits per heavy atom. The second-order valence-electron chi connectivity index (χ2n) is 3.09. The van der Waals surface area contributed by atoms with Crippen molar-refractivity contribution in [3.05, 3.63) is 23.9 Å². The molecule has 0 fully saturated rings. The van der Waals surface area contributed by atoms with Gasteiger partial charge in [-0.2, -0.15) is 5.26 Å². The fourth-order valence-corrected chi connectivity index (χ4v) is 1.59. The van der Waals surface area contributed by atoms with Crippen LogP contribution in [-0.4, -0.2) is 25.5 Å². The van der Waals surface area contributed by atoms with Crippen LogP contribution in [0.25, 0.3) is 5.65 Å². The van der Waals surface area contributed by atoms with E-state index in [9.17, 15) is 0 Å². The van der Waals surface area contributed by atoms with Crippen LogP contribution in [0, 0.1) is 18.3 Å². The van der Waals surface area contributed by atoms with Gasteiger partial charge >= 0.3 is 0 Å². The molecule has 0 saturated heterocycles. The average Bonchev–Trinajstić information content (AvgIpc) is 2.64. The lowest BCUT2D eigenvalue weighted by Crippen LogP contribution is -2.04. The lowest BCUT2D eigenvalue weighted by Gasteiger charge is -2.04. The number of aryl methyl sites for hydroxylation is 1. The number of fused-ring (bicyclic) bond motifs is 1. The van der Waals surface area contributed by atoms with Crippen molar-refractivity contribution in [3.8, 4) is 6.07 Å². The van der Waals surface area contributed by atoms with Crippen LogP contribution in [0.1, 0.15) is 17.4 Å². The summed E-state index contributed by atoms with van der Waals surface area (Å²) in [5, 5.41) is 16.8. The van der Waals surface area contributed by atoms with E-state index in [1.54, 1.807) is 16.8 Å². The third kappa shape index (κ3) is 1.53. The second-order valence-corrected chi connectivity index (χ2v) is 3.40. The van der Waals surface area contributed by atoms with Gasteiger partial charge in [0.2, 0.25) is 0 Å². The van der Waals surface area contributed by atoms with Crippen LogP contribution >= 0.6 is 11.6 Å². The zero-order chi connectivity index (χ0) is 10.8. The minimum atomic E-state index is -0.445. The van der Waals surface area contributed by atoms with Gasteiger partial charge in [0, 0.05) is 18.3 Å². The number of alkyl halides is 1. The summed E-state index contributed by atoms with van der Waals surface area (Å²) in [6.45, 7) is 1.84. The van der Waals surface area contributed by atoms with Gasteiger partial charge in [0.15, 0.2) is 5.65 Å². The number of nitrogens with zero attached hydrogens (tertiary/aromatic N) is 5. The standard InChI is InChI=1S/C9H8ClN5/c1-6-13-14-9-8(7(4-10)5-11)12-2-3-15(6)9/h2-3,7H,4H2,1H3. The Labute approximate surface area is 91.3 Å². The minimum Gasteiger partial charge on any atom is -0.284 e. The van der Waals surface area contributed by atoms with Crippen LogP contribution in [0.4, 0.5) is 0 Å². The van der Waals surface area contributed by atoms with Crippen molar-refractivity contribution in [2.45, 2.75) is 12.8 Å². The maximum Gasteiger partial charge on any atom is 0.183 e. The molecule has 0 N–H and O–H groups in total. The summed E-state index contributed by atoms with van der Waals surface area (Å²) in [7, 11) is 0. The van der Waals surface area contributed by atoms with Gasteiger partial charge in [0.05, 0.1) is 6.07 Å². The molecule has 0 aliphatic heterocycles. The zero-order valence-corrected chi connectivity index (χ0v) is 8.81. The van der Waals surface area contributed by atoms with Gasteiger partial charge in [-0.1, -0.05) is 0 Å². The van der Waals surface area contributed by atoms with Crippen molar-refractivity contribution in [2.75, 3.05) is 5.88 Å². The molecule has 76 valence electrons. The molecule has 0 saturated carbocycles. The first-order chi connectivity index (χ1) is 7.27. The van der Waals surface area contributed by atoms with E-state index in [1.807, 2.05) is 6.92 Å². The predicted octanol–water partition coefficient (Wildman–Crippen LogP) is 1.28. The topological polar surface area (TPSA) is 66.9 Å². The third-order valence-electron chi connectivity index (χ3n) is 2.16. The van der Waals surface area contributed by atoms with Crippen LogP contribution in [0.5, 0.6) is 0 Å². The van der Waals surface area contributed by atoms with E-state index in [4.69, 9.17) is 16.9 Å². The predicted molar refractivity (Wildman–Crippen MR) is 54.6 cm³/mol. The molecule has 0 bridgehead atoms. The average molecular weight is 222 g/mol. The second kappa shape index (κ2) is 3.83. The van der Waals surface area contributed by atoms with Crippen molar-refractivity contribution < 1.29 is 0 Å². The fourth-order valence-electron chi connectivity index (χ4n) is 1.38. The molecule has 2 aromatic heterocycles.